The second-order valence-electron chi connectivity index (χ2n) is 13.2. The van der Waals surface area contributed by atoms with Gasteiger partial charge in [0.05, 0.1) is 23.7 Å². The minimum absolute atomic E-state index is 0.0913. The summed E-state index contributed by atoms with van der Waals surface area (Å²) in [6, 6.07) is 22.4. The molecule has 238 valence electrons. The molecule has 3 unspecified atom stereocenters. The molecule has 1 aliphatic heterocycles. The Kier molecular flexibility index (Phi) is 9.43. The summed E-state index contributed by atoms with van der Waals surface area (Å²) in [6.07, 6.45) is 14.3. The summed E-state index contributed by atoms with van der Waals surface area (Å²) in [5, 5.41) is 17.6. The number of aliphatic carboxylic acids is 1. The first kappa shape index (κ1) is 31.1. The molecule has 7 heteroatoms. The van der Waals surface area contributed by atoms with Crippen LogP contribution in [0.2, 0.25) is 0 Å². The number of ether oxygens (including phenoxy) is 1. The quantitative estimate of drug-likeness (QED) is 0.140. The Balaban J connectivity index is 1.01. The van der Waals surface area contributed by atoms with E-state index in [-0.39, 0.29) is 12.0 Å². The van der Waals surface area contributed by atoms with Crippen molar-refractivity contribution in [3.05, 3.63) is 77.9 Å². The molecule has 7 nitrogen and oxygen atoms in total. The van der Waals surface area contributed by atoms with E-state index in [9.17, 15) is 9.90 Å². The molecule has 1 aromatic heterocycles. The molecule has 2 aliphatic carbocycles. The van der Waals surface area contributed by atoms with E-state index in [0.717, 1.165) is 34.6 Å². The van der Waals surface area contributed by atoms with Gasteiger partial charge in [-0.25, -0.2) is 0 Å². The lowest BCUT2D eigenvalue weighted by molar-refractivity contribution is -0.140. The van der Waals surface area contributed by atoms with Crippen LogP contribution in [0.5, 0.6) is 5.88 Å². The van der Waals surface area contributed by atoms with Crippen LogP contribution in [0.1, 0.15) is 108 Å². The number of unbranched alkanes of at least 4 members (excludes halogenated alkanes) is 9. The molecule has 6 rings (SSSR count). The summed E-state index contributed by atoms with van der Waals surface area (Å²) in [4.78, 5) is 22.3. The number of benzene rings is 2. The lowest BCUT2D eigenvalue weighted by Crippen LogP contribution is -2.33. The fourth-order valence-electron chi connectivity index (χ4n) is 6.98. The minimum Gasteiger partial charge on any atom is -0.481 e. The normalized spacial score (nSPS) is 22.2. The number of hydrogen-bond donors (Lipinski definition) is 2. The van der Waals surface area contributed by atoms with Gasteiger partial charge < -0.3 is 20.0 Å². The molecule has 3 atom stereocenters. The zero-order chi connectivity index (χ0) is 31.3. The number of rotatable bonds is 18. The average Bonchev–Trinajstić information content (AvgIpc) is 3.96. The van der Waals surface area contributed by atoms with Gasteiger partial charge in [0, 0.05) is 6.07 Å². The van der Waals surface area contributed by atoms with E-state index in [1.165, 1.54) is 63.4 Å². The van der Waals surface area contributed by atoms with Crippen molar-refractivity contribution in [1.29, 1.82) is 0 Å². The molecule has 45 heavy (non-hydrogen) atoms. The summed E-state index contributed by atoms with van der Waals surface area (Å²) in [7, 11) is 0. The summed E-state index contributed by atoms with van der Waals surface area (Å²) in [5.41, 5.74) is 4.05. The number of hydrogen-bond acceptors (Lipinski definition) is 6. The number of carboxylic acid groups (broad SMARTS) is 1. The average molecular weight is 610 g/mol. The predicted molar refractivity (Wildman–Crippen MR) is 179 cm³/mol. The highest BCUT2D eigenvalue weighted by molar-refractivity contribution is 6.01. The molecule has 3 aromatic rings. The number of carbonyl (C=O) groups is 1. The highest BCUT2D eigenvalue weighted by Crippen LogP contribution is 2.59. The van der Waals surface area contributed by atoms with E-state index in [0.29, 0.717) is 25.3 Å². The predicted octanol–water partition coefficient (Wildman–Crippen LogP) is 8.89. The zero-order valence-electron chi connectivity index (χ0n) is 26.8. The molecule has 3 aliphatic rings. The van der Waals surface area contributed by atoms with Crippen LogP contribution in [-0.2, 0) is 15.0 Å². The Bertz CT molecular complexity index is 1480. The molecule has 2 N–H and O–H groups in total. The third-order valence-electron chi connectivity index (χ3n) is 10.0. The smallest absolute Gasteiger partial charge is 0.314 e. The van der Waals surface area contributed by atoms with Crippen LogP contribution in [0.15, 0.2) is 71.9 Å². The number of aromatic nitrogens is 1. The van der Waals surface area contributed by atoms with Gasteiger partial charge in [-0.2, -0.15) is 4.98 Å². The van der Waals surface area contributed by atoms with Gasteiger partial charge in [0.1, 0.15) is 11.4 Å². The lowest BCUT2D eigenvalue weighted by atomic mass is 9.93. The SMILES string of the molecule is CCCCCCCCCCCCOc1cccc(NC23C(C)=NOC2C3c2ccc(-c3ccc(C4(C(=O)O)CC4)cc3)cc2)n1. The standard InChI is InChI=1S/C38H47N3O4/c1-3-4-5-6-7-8-9-10-11-12-26-44-33-15-13-14-32(39-33)40-38-27(2)41-45-35(38)34(38)30-18-16-28(17-19-30)29-20-22-31(23-21-29)37(24-25-37)36(42)43/h13-23,34-35H,3-12,24-26H2,1-2H3,(H,39,40)(H,42,43). The van der Waals surface area contributed by atoms with Crippen molar-refractivity contribution in [2.24, 2.45) is 5.16 Å². The van der Waals surface area contributed by atoms with Gasteiger partial charge in [-0.15, -0.1) is 0 Å². The lowest BCUT2D eigenvalue weighted by Gasteiger charge is -2.17. The first-order valence-corrected chi connectivity index (χ1v) is 17.0. The number of fused-ring (bicyclic) bond motifs is 1. The van der Waals surface area contributed by atoms with Crippen molar-refractivity contribution in [3.63, 3.8) is 0 Å². The maximum absolute atomic E-state index is 11.7. The summed E-state index contributed by atoms with van der Waals surface area (Å²) < 4.78 is 6.02. The van der Waals surface area contributed by atoms with Gasteiger partial charge >= 0.3 is 5.97 Å². The Hall–Kier alpha value is -3.87. The van der Waals surface area contributed by atoms with E-state index in [1.54, 1.807) is 0 Å². The van der Waals surface area contributed by atoms with E-state index in [4.69, 9.17) is 14.6 Å². The molecule has 2 heterocycles. The molecule has 0 saturated heterocycles. The monoisotopic (exact) mass is 609 g/mol. The highest BCUT2D eigenvalue weighted by atomic mass is 16.7. The van der Waals surface area contributed by atoms with Gasteiger partial charge in [0.15, 0.2) is 6.10 Å². The van der Waals surface area contributed by atoms with Crippen molar-refractivity contribution in [1.82, 2.24) is 4.98 Å². The Morgan fingerprint density at radius 1 is 0.889 bits per heavy atom. The summed E-state index contributed by atoms with van der Waals surface area (Å²) in [5.74, 6) is 0.794. The van der Waals surface area contributed by atoms with Crippen molar-refractivity contribution < 1.29 is 19.5 Å². The fraction of sp³-hybridized carbons (Fsp3) is 0.500. The maximum atomic E-state index is 11.7. The summed E-state index contributed by atoms with van der Waals surface area (Å²) in [6.45, 7) is 4.96. The largest absolute Gasteiger partial charge is 0.481 e. The van der Waals surface area contributed by atoms with Crippen LogP contribution in [0, 0.1) is 0 Å². The molecule has 0 bridgehead atoms. The molecule has 2 saturated carbocycles. The first-order chi connectivity index (χ1) is 22.0. The van der Waals surface area contributed by atoms with E-state index in [2.05, 4.69) is 41.7 Å². The van der Waals surface area contributed by atoms with Crippen LogP contribution in [-0.4, -0.2) is 40.0 Å². The Morgan fingerprint density at radius 3 is 2.13 bits per heavy atom. The molecule has 2 fully saturated rings. The van der Waals surface area contributed by atoms with E-state index >= 15 is 0 Å². The maximum Gasteiger partial charge on any atom is 0.314 e. The highest BCUT2D eigenvalue weighted by Gasteiger charge is 2.73. The van der Waals surface area contributed by atoms with Crippen LogP contribution in [0.25, 0.3) is 11.1 Å². The molecular weight excluding hydrogens is 562 g/mol. The van der Waals surface area contributed by atoms with Crippen molar-refractivity contribution >= 4 is 17.5 Å². The van der Waals surface area contributed by atoms with Crippen LogP contribution in [0.3, 0.4) is 0 Å². The molecule has 0 radical (unpaired) electrons. The first-order valence-electron chi connectivity index (χ1n) is 17.0. The van der Waals surface area contributed by atoms with E-state index < -0.39 is 16.9 Å². The molecule has 0 spiro atoms. The van der Waals surface area contributed by atoms with Crippen molar-refractivity contribution in [2.45, 2.75) is 114 Å². The number of nitrogens with one attached hydrogen (secondary N) is 1. The van der Waals surface area contributed by atoms with Crippen LogP contribution >= 0.6 is 0 Å². The second-order valence-corrected chi connectivity index (χ2v) is 13.2. The molecule has 2 aromatic carbocycles. The molecule has 0 amide bonds. The fourth-order valence-corrected chi connectivity index (χ4v) is 6.98. The number of carboxylic acids is 1. The van der Waals surface area contributed by atoms with Gasteiger partial charge in [0.25, 0.3) is 0 Å². The minimum atomic E-state index is -0.725. The topological polar surface area (TPSA) is 93.0 Å². The number of nitrogens with zero attached hydrogens (tertiary/aromatic N) is 2. The third-order valence-corrected chi connectivity index (χ3v) is 10.0. The van der Waals surface area contributed by atoms with Crippen LogP contribution in [0.4, 0.5) is 5.82 Å². The number of pyridine rings is 1. The van der Waals surface area contributed by atoms with Gasteiger partial charge in [-0.05, 0) is 54.5 Å². The second kappa shape index (κ2) is 13.6. The van der Waals surface area contributed by atoms with Gasteiger partial charge in [-0.1, -0.05) is 124 Å². The van der Waals surface area contributed by atoms with Gasteiger partial charge in [-0.3, -0.25) is 4.79 Å². The van der Waals surface area contributed by atoms with Crippen LogP contribution < -0.4 is 10.1 Å². The Morgan fingerprint density at radius 2 is 1.51 bits per heavy atom. The van der Waals surface area contributed by atoms with Crippen molar-refractivity contribution in [2.75, 3.05) is 11.9 Å². The number of oxime groups is 1. The number of anilines is 1. The van der Waals surface area contributed by atoms with E-state index in [1.807, 2.05) is 49.4 Å². The summed E-state index contributed by atoms with van der Waals surface area (Å²) >= 11 is 0. The Labute approximate surface area is 267 Å². The molecular formula is C38H47N3O4. The van der Waals surface area contributed by atoms with Crippen molar-refractivity contribution in [3.8, 4) is 17.0 Å². The zero-order valence-corrected chi connectivity index (χ0v) is 26.8. The third kappa shape index (κ3) is 6.58. The van der Waals surface area contributed by atoms with Gasteiger partial charge in [0.2, 0.25) is 5.88 Å².